The summed E-state index contributed by atoms with van der Waals surface area (Å²) < 4.78 is 0. The zero-order chi connectivity index (χ0) is 12.1. The maximum atomic E-state index is 11.8. The SMILES string of the molecule is CC(C)N(C)CCNC(=O)C1CCCC1N. The van der Waals surface area contributed by atoms with Gasteiger partial charge in [0.2, 0.25) is 5.91 Å². The van der Waals surface area contributed by atoms with E-state index in [4.69, 9.17) is 5.73 Å². The highest BCUT2D eigenvalue weighted by atomic mass is 16.1. The van der Waals surface area contributed by atoms with Crippen molar-refractivity contribution in [3.8, 4) is 0 Å². The molecular weight excluding hydrogens is 202 g/mol. The van der Waals surface area contributed by atoms with Gasteiger partial charge in [-0.1, -0.05) is 6.42 Å². The van der Waals surface area contributed by atoms with Crippen LogP contribution in [-0.4, -0.2) is 43.0 Å². The molecule has 0 radical (unpaired) electrons. The molecule has 1 rings (SSSR count). The Kier molecular flexibility index (Phi) is 5.22. The van der Waals surface area contributed by atoms with E-state index in [0.717, 1.165) is 32.4 Å². The van der Waals surface area contributed by atoms with Crippen LogP contribution in [0.2, 0.25) is 0 Å². The second kappa shape index (κ2) is 6.21. The van der Waals surface area contributed by atoms with Gasteiger partial charge in [-0.3, -0.25) is 4.79 Å². The van der Waals surface area contributed by atoms with Gasteiger partial charge in [-0.25, -0.2) is 0 Å². The lowest BCUT2D eigenvalue weighted by molar-refractivity contribution is -0.125. The van der Waals surface area contributed by atoms with Gasteiger partial charge in [-0.15, -0.1) is 0 Å². The van der Waals surface area contributed by atoms with Gasteiger partial charge in [0.15, 0.2) is 0 Å². The smallest absolute Gasteiger partial charge is 0.224 e. The van der Waals surface area contributed by atoms with Crippen molar-refractivity contribution >= 4 is 5.91 Å². The molecule has 2 unspecified atom stereocenters. The van der Waals surface area contributed by atoms with Crippen LogP contribution in [0, 0.1) is 5.92 Å². The third-order valence-electron chi connectivity index (χ3n) is 3.55. The number of nitrogens with one attached hydrogen (secondary N) is 1. The van der Waals surface area contributed by atoms with Crippen molar-refractivity contribution in [3.05, 3.63) is 0 Å². The minimum absolute atomic E-state index is 0.0457. The first-order chi connectivity index (χ1) is 7.52. The number of amides is 1. The Morgan fingerprint density at radius 1 is 1.50 bits per heavy atom. The summed E-state index contributed by atoms with van der Waals surface area (Å²) >= 11 is 0. The normalized spacial score (nSPS) is 25.4. The lowest BCUT2D eigenvalue weighted by Gasteiger charge is -2.22. The molecule has 1 amide bonds. The molecule has 0 spiro atoms. The molecule has 0 aromatic rings. The highest BCUT2D eigenvalue weighted by Gasteiger charge is 2.29. The Labute approximate surface area is 98.6 Å². The molecule has 1 aliphatic carbocycles. The summed E-state index contributed by atoms with van der Waals surface area (Å²) in [6.07, 6.45) is 3.03. The summed E-state index contributed by atoms with van der Waals surface area (Å²) in [6.45, 7) is 5.91. The van der Waals surface area contributed by atoms with E-state index in [1.54, 1.807) is 0 Å². The van der Waals surface area contributed by atoms with Gasteiger partial charge in [0, 0.05) is 25.2 Å². The molecule has 1 saturated carbocycles. The molecule has 0 aromatic heterocycles. The second-order valence-electron chi connectivity index (χ2n) is 5.07. The summed E-state index contributed by atoms with van der Waals surface area (Å²) in [5.41, 5.74) is 5.89. The molecule has 4 nitrogen and oxygen atoms in total. The molecule has 0 bridgehead atoms. The van der Waals surface area contributed by atoms with Gasteiger partial charge in [0.1, 0.15) is 0 Å². The molecule has 4 heteroatoms. The zero-order valence-corrected chi connectivity index (χ0v) is 10.7. The van der Waals surface area contributed by atoms with Crippen molar-refractivity contribution in [2.24, 2.45) is 11.7 Å². The number of carbonyl (C=O) groups is 1. The van der Waals surface area contributed by atoms with E-state index < -0.39 is 0 Å². The van der Waals surface area contributed by atoms with Crippen LogP contribution in [0.1, 0.15) is 33.1 Å². The molecule has 1 aliphatic rings. The predicted octanol–water partition coefficient (Wildman–Crippen LogP) is 0.570. The van der Waals surface area contributed by atoms with Crippen LogP contribution in [0.3, 0.4) is 0 Å². The van der Waals surface area contributed by atoms with Crippen molar-refractivity contribution in [2.45, 2.75) is 45.2 Å². The Morgan fingerprint density at radius 2 is 2.19 bits per heavy atom. The molecule has 16 heavy (non-hydrogen) atoms. The predicted molar refractivity (Wildman–Crippen MR) is 66.1 cm³/mol. The minimum Gasteiger partial charge on any atom is -0.355 e. The van der Waals surface area contributed by atoms with Crippen molar-refractivity contribution in [2.75, 3.05) is 20.1 Å². The summed E-state index contributed by atoms with van der Waals surface area (Å²) in [5.74, 6) is 0.187. The van der Waals surface area contributed by atoms with E-state index in [9.17, 15) is 4.79 Å². The van der Waals surface area contributed by atoms with E-state index in [2.05, 4.69) is 31.1 Å². The fraction of sp³-hybridized carbons (Fsp3) is 0.917. The third kappa shape index (κ3) is 3.76. The fourth-order valence-electron chi connectivity index (χ4n) is 2.06. The number of hydrogen-bond donors (Lipinski definition) is 2. The third-order valence-corrected chi connectivity index (χ3v) is 3.55. The standard InChI is InChI=1S/C12H25N3O/c1-9(2)15(3)8-7-14-12(16)10-5-4-6-11(10)13/h9-11H,4-8,13H2,1-3H3,(H,14,16). The molecule has 1 fully saturated rings. The van der Waals surface area contributed by atoms with E-state index >= 15 is 0 Å². The molecule has 0 aliphatic heterocycles. The average molecular weight is 227 g/mol. The first-order valence-corrected chi connectivity index (χ1v) is 6.26. The molecule has 0 aromatic carbocycles. The van der Waals surface area contributed by atoms with E-state index in [1.807, 2.05) is 0 Å². The van der Waals surface area contributed by atoms with Crippen molar-refractivity contribution < 1.29 is 4.79 Å². The van der Waals surface area contributed by atoms with Gasteiger partial charge in [-0.2, -0.15) is 0 Å². The van der Waals surface area contributed by atoms with Crippen LogP contribution in [-0.2, 0) is 4.79 Å². The van der Waals surface area contributed by atoms with Gasteiger partial charge in [0.25, 0.3) is 0 Å². The molecular formula is C12H25N3O. The molecule has 0 saturated heterocycles. The maximum Gasteiger partial charge on any atom is 0.224 e. The number of rotatable bonds is 5. The topological polar surface area (TPSA) is 58.4 Å². The summed E-state index contributed by atoms with van der Waals surface area (Å²) in [5, 5.41) is 2.98. The van der Waals surface area contributed by atoms with Gasteiger partial charge in [-0.05, 0) is 33.7 Å². The summed E-state index contributed by atoms with van der Waals surface area (Å²) in [6, 6.07) is 0.591. The first-order valence-electron chi connectivity index (χ1n) is 6.26. The molecule has 2 atom stereocenters. The highest BCUT2D eigenvalue weighted by Crippen LogP contribution is 2.23. The largest absolute Gasteiger partial charge is 0.355 e. The monoisotopic (exact) mass is 227 g/mol. The number of nitrogens with zero attached hydrogens (tertiary/aromatic N) is 1. The van der Waals surface area contributed by atoms with Gasteiger partial charge < -0.3 is 16.0 Å². The van der Waals surface area contributed by atoms with Crippen molar-refractivity contribution in [3.63, 3.8) is 0 Å². The Morgan fingerprint density at radius 3 is 2.69 bits per heavy atom. The summed E-state index contributed by atoms with van der Waals surface area (Å²) in [4.78, 5) is 14.0. The van der Waals surface area contributed by atoms with E-state index in [0.29, 0.717) is 6.04 Å². The Hall–Kier alpha value is -0.610. The second-order valence-corrected chi connectivity index (χ2v) is 5.07. The van der Waals surface area contributed by atoms with E-state index in [-0.39, 0.29) is 17.9 Å². The van der Waals surface area contributed by atoms with Crippen LogP contribution in [0.15, 0.2) is 0 Å². The lowest BCUT2D eigenvalue weighted by Crippen LogP contribution is -2.42. The van der Waals surface area contributed by atoms with Crippen LogP contribution < -0.4 is 11.1 Å². The van der Waals surface area contributed by atoms with Crippen molar-refractivity contribution in [1.29, 1.82) is 0 Å². The van der Waals surface area contributed by atoms with Crippen LogP contribution >= 0.6 is 0 Å². The quantitative estimate of drug-likeness (QED) is 0.722. The lowest BCUT2D eigenvalue weighted by atomic mass is 10.0. The highest BCUT2D eigenvalue weighted by molar-refractivity contribution is 5.79. The summed E-state index contributed by atoms with van der Waals surface area (Å²) in [7, 11) is 2.07. The van der Waals surface area contributed by atoms with Crippen molar-refractivity contribution in [1.82, 2.24) is 10.2 Å². The fourth-order valence-corrected chi connectivity index (χ4v) is 2.06. The molecule has 0 heterocycles. The first kappa shape index (κ1) is 13.5. The number of carbonyl (C=O) groups excluding carboxylic acids is 1. The van der Waals surface area contributed by atoms with Gasteiger partial charge >= 0.3 is 0 Å². The Balaban J connectivity index is 2.20. The maximum absolute atomic E-state index is 11.8. The van der Waals surface area contributed by atoms with Crippen LogP contribution in [0.25, 0.3) is 0 Å². The minimum atomic E-state index is 0.0457. The van der Waals surface area contributed by atoms with Gasteiger partial charge in [0.05, 0.1) is 5.92 Å². The average Bonchev–Trinajstić information content (AvgIpc) is 2.64. The van der Waals surface area contributed by atoms with Crippen LogP contribution in [0.4, 0.5) is 0 Å². The number of hydrogen-bond acceptors (Lipinski definition) is 3. The van der Waals surface area contributed by atoms with Crippen LogP contribution in [0.5, 0.6) is 0 Å². The van der Waals surface area contributed by atoms with E-state index in [1.165, 1.54) is 0 Å². The Bertz CT molecular complexity index is 230. The zero-order valence-electron chi connectivity index (χ0n) is 10.7. The molecule has 3 N–H and O–H groups in total. The number of likely N-dealkylation sites (N-methyl/N-ethyl adjacent to an activating group) is 1. The number of nitrogens with two attached hydrogens (primary N) is 1. The molecule has 94 valence electrons.